The van der Waals surface area contributed by atoms with Crippen LogP contribution in [-0.4, -0.2) is 6.54 Å². The van der Waals surface area contributed by atoms with Crippen LogP contribution in [-0.2, 0) is 6.42 Å². The Balaban J connectivity index is 2.93. The van der Waals surface area contributed by atoms with Crippen LogP contribution in [0.4, 0.5) is 8.78 Å². The maximum Gasteiger partial charge on any atom is 0.126 e. The summed E-state index contributed by atoms with van der Waals surface area (Å²) in [7, 11) is 0. The van der Waals surface area contributed by atoms with Crippen LogP contribution in [0, 0.1) is 11.6 Å². The number of rotatable bonds is 2. The lowest BCUT2D eigenvalue weighted by atomic mass is 10.1. The van der Waals surface area contributed by atoms with E-state index in [0.29, 0.717) is 18.5 Å². The third kappa shape index (κ3) is 1.98. The van der Waals surface area contributed by atoms with Gasteiger partial charge in [0.15, 0.2) is 0 Å². The van der Waals surface area contributed by atoms with Gasteiger partial charge in [0.25, 0.3) is 0 Å². The molecular formula is C8H9F2N. The molecule has 0 radical (unpaired) electrons. The molecule has 0 aliphatic carbocycles. The molecule has 1 rings (SSSR count). The highest BCUT2D eigenvalue weighted by atomic mass is 19.1. The lowest BCUT2D eigenvalue weighted by Gasteiger charge is -1.99. The molecule has 1 aromatic carbocycles. The van der Waals surface area contributed by atoms with E-state index in [2.05, 4.69) is 0 Å². The summed E-state index contributed by atoms with van der Waals surface area (Å²) in [4.78, 5) is 0. The minimum Gasteiger partial charge on any atom is -0.330 e. The van der Waals surface area contributed by atoms with Gasteiger partial charge >= 0.3 is 0 Å². The first kappa shape index (κ1) is 8.14. The number of nitrogens with two attached hydrogens (primary N) is 1. The number of halogens is 2. The van der Waals surface area contributed by atoms with E-state index in [1.165, 1.54) is 6.07 Å². The summed E-state index contributed by atoms with van der Waals surface area (Å²) in [6.45, 7) is 0.334. The molecule has 11 heavy (non-hydrogen) atoms. The molecule has 0 amide bonds. The second-order valence-corrected chi connectivity index (χ2v) is 2.27. The molecule has 2 N–H and O–H groups in total. The second-order valence-electron chi connectivity index (χ2n) is 2.27. The zero-order valence-electron chi connectivity index (χ0n) is 5.98. The Morgan fingerprint density at radius 2 is 2.00 bits per heavy atom. The minimum absolute atomic E-state index is 0.334. The van der Waals surface area contributed by atoms with Crippen LogP contribution >= 0.6 is 0 Å². The van der Waals surface area contributed by atoms with Crippen LogP contribution in [0.1, 0.15) is 5.56 Å². The van der Waals surface area contributed by atoms with Crippen molar-refractivity contribution in [3.8, 4) is 0 Å². The molecule has 0 bridgehead atoms. The van der Waals surface area contributed by atoms with Crippen molar-refractivity contribution in [2.75, 3.05) is 6.54 Å². The Morgan fingerprint density at radius 3 is 2.64 bits per heavy atom. The van der Waals surface area contributed by atoms with Crippen LogP contribution in [0.3, 0.4) is 0 Å². The number of hydrogen-bond acceptors (Lipinski definition) is 1. The second kappa shape index (κ2) is 3.44. The third-order valence-corrected chi connectivity index (χ3v) is 1.42. The van der Waals surface area contributed by atoms with Crippen molar-refractivity contribution in [2.45, 2.75) is 6.42 Å². The van der Waals surface area contributed by atoms with Crippen molar-refractivity contribution < 1.29 is 8.78 Å². The molecule has 1 aromatic rings. The van der Waals surface area contributed by atoms with Crippen molar-refractivity contribution in [1.82, 2.24) is 0 Å². The standard InChI is InChI=1S/C8H9F2N/c9-7-1-2-8(10)6(5-7)3-4-11/h1-2,5H,3-4,11H2. The van der Waals surface area contributed by atoms with Gasteiger partial charge in [-0.25, -0.2) is 8.78 Å². The van der Waals surface area contributed by atoms with Crippen LogP contribution in [0.2, 0.25) is 0 Å². The van der Waals surface area contributed by atoms with E-state index in [1.807, 2.05) is 0 Å². The van der Waals surface area contributed by atoms with Crippen LogP contribution < -0.4 is 5.73 Å². The predicted octanol–water partition coefficient (Wildman–Crippen LogP) is 1.47. The maximum absolute atomic E-state index is 12.7. The third-order valence-electron chi connectivity index (χ3n) is 1.42. The fourth-order valence-electron chi connectivity index (χ4n) is 0.890. The van der Waals surface area contributed by atoms with Gasteiger partial charge in [-0.2, -0.15) is 0 Å². The topological polar surface area (TPSA) is 26.0 Å². The molecule has 0 unspecified atom stereocenters. The summed E-state index contributed by atoms with van der Waals surface area (Å²) in [6, 6.07) is 3.37. The SMILES string of the molecule is NCCc1cc(F)ccc1F. The molecule has 0 saturated carbocycles. The van der Waals surface area contributed by atoms with Crippen molar-refractivity contribution in [3.63, 3.8) is 0 Å². The van der Waals surface area contributed by atoms with Gasteiger partial charge in [-0.15, -0.1) is 0 Å². The van der Waals surface area contributed by atoms with Gasteiger partial charge in [-0.1, -0.05) is 0 Å². The molecule has 0 spiro atoms. The Labute approximate surface area is 63.8 Å². The monoisotopic (exact) mass is 157 g/mol. The van der Waals surface area contributed by atoms with Gasteiger partial charge in [0.1, 0.15) is 11.6 Å². The smallest absolute Gasteiger partial charge is 0.126 e. The van der Waals surface area contributed by atoms with E-state index >= 15 is 0 Å². The van der Waals surface area contributed by atoms with Crippen molar-refractivity contribution in [3.05, 3.63) is 35.4 Å². The van der Waals surface area contributed by atoms with E-state index in [0.717, 1.165) is 12.1 Å². The molecular weight excluding hydrogens is 148 g/mol. The van der Waals surface area contributed by atoms with E-state index < -0.39 is 11.6 Å². The Bertz CT molecular complexity index is 248. The molecule has 3 heteroatoms. The molecule has 0 aliphatic heterocycles. The Hall–Kier alpha value is -0.960. The Kier molecular flexibility index (Phi) is 2.54. The lowest BCUT2D eigenvalue weighted by Crippen LogP contribution is -2.04. The number of benzene rings is 1. The van der Waals surface area contributed by atoms with E-state index in [-0.39, 0.29) is 0 Å². The van der Waals surface area contributed by atoms with Crippen LogP contribution in [0.25, 0.3) is 0 Å². The maximum atomic E-state index is 12.7. The van der Waals surface area contributed by atoms with Gasteiger partial charge in [0.2, 0.25) is 0 Å². The first-order chi connectivity index (χ1) is 5.24. The van der Waals surface area contributed by atoms with Gasteiger partial charge in [-0.3, -0.25) is 0 Å². The fourth-order valence-corrected chi connectivity index (χ4v) is 0.890. The predicted molar refractivity (Wildman–Crippen MR) is 39.1 cm³/mol. The van der Waals surface area contributed by atoms with E-state index in [1.54, 1.807) is 0 Å². The van der Waals surface area contributed by atoms with Gasteiger partial charge in [0, 0.05) is 0 Å². The summed E-state index contributed by atoms with van der Waals surface area (Å²) in [5, 5.41) is 0. The first-order valence-corrected chi connectivity index (χ1v) is 3.38. The van der Waals surface area contributed by atoms with Gasteiger partial charge < -0.3 is 5.73 Å². The highest BCUT2D eigenvalue weighted by Gasteiger charge is 2.01. The van der Waals surface area contributed by atoms with Crippen molar-refractivity contribution in [2.24, 2.45) is 5.73 Å². The normalized spacial score (nSPS) is 10.1. The summed E-state index contributed by atoms with van der Waals surface area (Å²) >= 11 is 0. The average molecular weight is 157 g/mol. The Morgan fingerprint density at radius 1 is 1.27 bits per heavy atom. The van der Waals surface area contributed by atoms with Crippen LogP contribution in [0.5, 0.6) is 0 Å². The summed E-state index contributed by atoms with van der Waals surface area (Å²) < 4.78 is 25.2. The van der Waals surface area contributed by atoms with Gasteiger partial charge in [-0.05, 0) is 36.7 Å². The van der Waals surface area contributed by atoms with E-state index in [4.69, 9.17) is 5.73 Å². The number of hydrogen-bond donors (Lipinski definition) is 1. The van der Waals surface area contributed by atoms with Gasteiger partial charge in [0.05, 0.1) is 0 Å². The van der Waals surface area contributed by atoms with Crippen LogP contribution in [0.15, 0.2) is 18.2 Å². The molecule has 0 aromatic heterocycles. The first-order valence-electron chi connectivity index (χ1n) is 3.38. The van der Waals surface area contributed by atoms with Crippen molar-refractivity contribution >= 4 is 0 Å². The minimum atomic E-state index is -0.421. The lowest BCUT2D eigenvalue weighted by molar-refractivity contribution is 0.585. The fraction of sp³-hybridized carbons (Fsp3) is 0.250. The molecule has 0 aliphatic rings. The average Bonchev–Trinajstić information content (AvgIpc) is 1.98. The molecule has 1 nitrogen and oxygen atoms in total. The molecule has 60 valence electrons. The largest absolute Gasteiger partial charge is 0.330 e. The van der Waals surface area contributed by atoms with E-state index in [9.17, 15) is 8.78 Å². The molecule has 0 atom stereocenters. The highest BCUT2D eigenvalue weighted by molar-refractivity contribution is 5.18. The molecule has 0 fully saturated rings. The zero-order chi connectivity index (χ0) is 8.27. The zero-order valence-corrected chi connectivity index (χ0v) is 5.98. The summed E-state index contributed by atoms with van der Waals surface area (Å²) in [5.74, 6) is -0.813. The quantitative estimate of drug-likeness (QED) is 0.691. The summed E-state index contributed by atoms with van der Waals surface area (Å²) in [5.41, 5.74) is 5.53. The highest BCUT2D eigenvalue weighted by Crippen LogP contribution is 2.09. The summed E-state index contributed by atoms with van der Waals surface area (Å²) in [6.07, 6.45) is 0.379. The van der Waals surface area contributed by atoms with Crippen molar-refractivity contribution in [1.29, 1.82) is 0 Å². The molecule has 0 saturated heterocycles. The molecule has 0 heterocycles.